The number of anilines is 2. The number of sulfonamides is 1. The van der Waals surface area contributed by atoms with Crippen LogP contribution in [0.5, 0.6) is 5.75 Å². The number of aromatic amines is 1. The predicted molar refractivity (Wildman–Crippen MR) is 142 cm³/mol. The Labute approximate surface area is 222 Å². The van der Waals surface area contributed by atoms with Gasteiger partial charge in [0, 0.05) is 25.0 Å². The van der Waals surface area contributed by atoms with E-state index in [0.717, 1.165) is 11.8 Å². The number of benzene rings is 2. The van der Waals surface area contributed by atoms with Crippen LogP contribution < -0.4 is 25.4 Å². The van der Waals surface area contributed by atoms with Gasteiger partial charge in [-0.05, 0) is 35.4 Å². The van der Waals surface area contributed by atoms with E-state index in [1.807, 2.05) is 0 Å². The minimum absolute atomic E-state index is 0.0427. The maximum atomic E-state index is 12.9. The van der Waals surface area contributed by atoms with Gasteiger partial charge in [0.15, 0.2) is 12.3 Å². The summed E-state index contributed by atoms with van der Waals surface area (Å²) >= 11 is 0. The number of hydrogen-bond donors (Lipinski definition) is 5. The lowest BCUT2D eigenvalue weighted by Crippen LogP contribution is -2.26. The summed E-state index contributed by atoms with van der Waals surface area (Å²) in [6.45, 7) is 0.253. The van der Waals surface area contributed by atoms with Gasteiger partial charge >= 0.3 is 0 Å². The van der Waals surface area contributed by atoms with E-state index in [1.54, 1.807) is 42.5 Å². The Hall–Kier alpha value is -4.98. The third-order valence-electron chi connectivity index (χ3n) is 5.74. The second kappa shape index (κ2) is 10.4. The molecule has 5 N–H and O–H groups in total. The van der Waals surface area contributed by atoms with Gasteiger partial charge in [-0.2, -0.15) is 0 Å². The highest BCUT2D eigenvalue weighted by molar-refractivity contribution is 7.92. The molecule has 0 spiro atoms. The van der Waals surface area contributed by atoms with Crippen LogP contribution in [0.4, 0.5) is 11.4 Å². The minimum atomic E-state index is -3.43. The number of hydrogen-bond acceptors (Lipinski definition) is 8. The van der Waals surface area contributed by atoms with Crippen LogP contribution in [0.3, 0.4) is 0 Å². The zero-order chi connectivity index (χ0) is 27.6. The van der Waals surface area contributed by atoms with Gasteiger partial charge in [-0.15, -0.1) is 0 Å². The number of fused-ring (bicyclic) bond motifs is 2. The van der Waals surface area contributed by atoms with Crippen molar-refractivity contribution in [1.82, 2.24) is 25.6 Å². The fourth-order valence-corrected chi connectivity index (χ4v) is 4.58. The van der Waals surface area contributed by atoms with Crippen LogP contribution in [0.2, 0.25) is 0 Å². The third kappa shape index (κ3) is 5.96. The highest BCUT2D eigenvalue weighted by atomic mass is 32.2. The lowest BCUT2D eigenvalue weighted by atomic mass is 10.1. The average Bonchev–Trinajstić information content (AvgIpc) is 3.34. The summed E-state index contributed by atoms with van der Waals surface area (Å²) in [4.78, 5) is 48.6. The van der Waals surface area contributed by atoms with E-state index in [9.17, 15) is 22.8 Å². The van der Waals surface area contributed by atoms with Crippen molar-refractivity contribution >= 4 is 50.2 Å². The Kier molecular flexibility index (Phi) is 6.85. The van der Waals surface area contributed by atoms with Crippen LogP contribution in [0.25, 0.3) is 11.0 Å². The Morgan fingerprint density at radius 1 is 1.03 bits per heavy atom. The van der Waals surface area contributed by atoms with Gasteiger partial charge in [-0.1, -0.05) is 18.2 Å². The number of nitrogens with zero attached hydrogens (tertiary/aromatic N) is 2. The zero-order valence-corrected chi connectivity index (χ0v) is 21.4. The number of carbonyl (C=O) groups excluding carboxylic acids is 3. The van der Waals surface area contributed by atoms with Crippen molar-refractivity contribution in [3.8, 4) is 5.75 Å². The molecule has 0 bridgehead atoms. The molecule has 3 amide bonds. The van der Waals surface area contributed by atoms with Crippen molar-refractivity contribution in [2.75, 3.05) is 22.9 Å². The molecule has 0 saturated heterocycles. The van der Waals surface area contributed by atoms with E-state index >= 15 is 0 Å². The van der Waals surface area contributed by atoms with Crippen molar-refractivity contribution in [3.63, 3.8) is 0 Å². The van der Waals surface area contributed by atoms with Gasteiger partial charge in [-0.3, -0.25) is 19.1 Å². The van der Waals surface area contributed by atoms with Crippen molar-refractivity contribution in [2.24, 2.45) is 0 Å². The zero-order valence-electron chi connectivity index (χ0n) is 20.6. The summed E-state index contributed by atoms with van der Waals surface area (Å²) in [5.41, 5.74) is 3.18. The highest BCUT2D eigenvalue weighted by Gasteiger charge is 2.20. The van der Waals surface area contributed by atoms with Gasteiger partial charge in [0.05, 0.1) is 23.0 Å². The molecule has 0 saturated carbocycles. The maximum absolute atomic E-state index is 12.9. The first-order chi connectivity index (χ1) is 18.7. The number of H-pyrrole nitrogens is 1. The van der Waals surface area contributed by atoms with Gasteiger partial charge in [-0.25, -0.2) is 18.4 Å². The number of aromatic nitrogens is 3. The van der Waals surface area contributed by atoms with Crippen LogP contribution in [-0.2, 0) is 27.9 Å². The molecule has 0 unspecified atom stereocenters. The Bertz CT molecular complexity index is 1720. The molecule has 2 aromatic carbocycles. The first-order valence-corrected chi connectivity index (χ1v) is 13.6. The molecule has 0 radical (unpaired) electrons. The van der Waals surface area contributed by atoms with Crippen LogP contribution in [0.15, 0.2) is 55.0 Å². The number of rotatable bonds is 8. The molecule has 39 heavy (non-hydrogen) atoms. The van der Waals surface area contributed by atoms with Crippen LogP contribution >= 0.6 is 0 Å². The van der Waals surface area contributed by atoms with Gasteiger partial charge in [0.25, 0.3) is 17.7 Å². The second-order valence-electron chi connectivity index (χ2n) is 8.76. The molecule has 1 aliphatic heterocycles. The number of nitrogens with one attached hydrogen (secondary N) is 5. The fraction of sp³-hybridized carbons (Fsp3) is 0.160. The number of amides is 3. The predicted octanol–water partition coefficient (Wildman–Crippen LogP) is 1.52. The lowest BCUT2D eigenvalue weighted by Gasteiger charge is -2.18. The van der Waals surface area contributed by atoms with Gasteiger partial charge < -0.3 is 25.7 Å². The standard InChI is InChI=1S/C25H23N7O6S/c1-39(36,37)32-16-4-2-3-14(7-16)9-27-24(34)17-11-26-22-21(17)29-13-30-23(22)25(35)28-10-15-5-6-19-18(8-15)31-20(33)12-38-19/h2-8,11,13,26,32H,9-10,12H2,1H3,(H,27,34)(H,28,35)(H,31,33). The van der Waals surface area contributed by atoms with E-state index in [1.165, 1.54) is 12.5 Å². The Morgan fingerprint density at radius 3 is 2.59 bits per heavy atom. The second-order valence-corrected chi connectivity index (χ2v) is 10.5. The summed E-state index contributed by atoms with van der Waals surface area (Å²) in [5, 5.41) is 8.27. The van der Waals surface area contributed by atoms with Crippen LogP contribution in [-0.4, -0.2) is 54.0 Å². The largest absolute Gasteiger partial charge is 0.482 e. The molecule has 0 atom stereocenters. The van der Waals surface area contributed by atoms with Gasteiger partial charge in [0.2, 0.25) is 10.0 Å². The first-order valence-electron chi connectivity index (χ1n) is 11.7. The normalized spacial score (nSPS) is 12.7. The van der Waals surface area contributed by atoms with E-state index in [4.69, 9.17) is 4.74 Å². The van der Waals surface area contributed by atoms with Crippen LogP contribution in [0.1, 0.15) is 32.0 Å². The number of ether oxygens (including phenoxy) is 1. The highest BCUT2D eigenvalue weighted by Crippen LogP contribution is 2.28. The molecule has 1 aliphatic rings. The topological polar surface area (TPSA) is 184 Å². The molecule has 4 aromatic rings. The van der Waals surface area contributed by atoms with E-state index in [0.29, 0.717) is 28.2 Å². The quantitative estimate of drug-likeness (QED) is 0.219. The molecular formula is C25H23N7O6S. The molecular weight excluding hydrogens is 526 g/mol. The lowest BCUT2D eigenvalue weighted by molar-refractivity contribution is -0.118. The summed E-state index contributed by atoms with van der Waals surface area (Å²) in [6, 6.07) is 11.8. The Morgan fingerprint density at radius 2 is 1.79 bits per heavy atom. The molecule has 3 heterocycles. The van der Waals surface area contributed by atoms with E-state index in [-0.39, 0.29) is 42.4 Å². The molecule has 0 fully saturated rings. The van der Waals surface area contributed by atoms with E-state index < -0.39 is 21.8 Å². The molecule has 0 aliphatic carbocycles. The first kappa shape index (κ1) is 25.7. The molecule has 200 valence electrons. The number of carbonyl (C=O) groups is 3. The van der Waals surface area contributed by atoms with Crippen LogP contribution in [0, 0.1) is 0 Å². The van der Waals surface area contributed by atoms with E-state index in [2.05, 4.69) is 35.6 Å². The summed E-state index contributed by atoms with van der Waals surface area (Å²) in [7, 11) is -3.43. The van der Waals surface area contributed by atoms with Crippen molar-refractivity contribution < 1.29 is 27.5 Å². The summed E-state index contributed by atoms with van der Waals surface area (Å²) in [5.74, 6) is -0.621. The molecule has 2 aromatic heterocycles. The van der Waals surface area contributed by atoms with Gasteiger partial charge in [0.1, 0.15) is 17.6 Å². The van der Waals surface area contributed by atoms with Crippen molar-refractivity contribution in [2.45, 2.75) is 13.1 Å². The maximum Gasteiger partial charge on any atom is 0.272 e. The smallest absolute Gasteiger partial charge is 0.272 e. The summed E-state index contributed by atoms with van der Waals surface area (Å²) < 4.78 is 30.7. The summed E-state index contributed by atoms with van der Waals surface area (Å²) in [6.07, 6.45) is 3.70. The third-order valence-corrected chi connectivity index (χ3v) is 6.34. The average molecular weight is 550 g/mol. The SMILES string of the molecule is CS(=O)(=O)Nc1cccc(CNC(=O)c2c[nH]c3c(C(=O)NCc4ccc5c(c4)NC(=O)CO5)ncnc23)c1. The molecule has 14 heteroatoms. The van der Waals surface area contributed by atoms with Crippen molar-refractivity contribution in [3.05, 3.63) is 77.4 Å². The monoisotopic (exact) mass is 549 g/mol. The Balaban J connectivity index is 1.26. The molecule has 13 nitrogen and oxygen atoms in total. The minimum Gasteiger partial charge on any atom is -0.482 e. The van der Waals surface area contributed by atoms with Crippen molar-refractivity contribution in [1.29, 1.82) is 0 Å². The fourth-order valence-electron chi connectivity index (χ4n) is 4.03. The molecule has 5 rings (SSSR count).